The van der Waals surface area contributed by atoms with Gasteiger partial charge in [0, 0.05) is 12.8 Å². The van der Waals surface area contributed by atoms with Crippen LogP contribution in [0, 0.1) is 0 Å². The molecular formula is C12H15NO5S. The van der Waals surface area contributed by atoms with Gasteiger partial charge in [-0.3, -0.25) is 0 Å². The van der Waals surface area contributed by atoms with Gasteiger partial charge in [0.1, 0.15) is 22.0 Å². The summed E-state index contributed by atoms with van der Waals surface area (Å²) in [5, 5.41) is 9.09. The monoisotopic (exact) mass is 285 g/mol. The largest absolute Gasteiger partial charge is 0.489 e. The van der Waals surface area contributed by atoms with Crippen molar-refractivity contribution in [2.45, 2.75) is 0 Å². The van der Waals surface area contributed by atoms with Gasteiger partial charge in [-0.15, -0.1) is 0 Å². The van der Waals surface area contributed by atoms with Gasteiger partial charge in [0.05, 0.1) is 18.0 Å². The number of carboxylic acid groups (broad SMARTS) is 1. The Morgan fingerprint density at radius 2 is 2.21 bits per heavy atom. The van der Waals surface area contributed by atoms with Crippen LogP contribution >= 0.6 is 0 Å². The lowest BCUT2D eigenvalue weighted by molar-refractivity contribution is 0.0692. The van der Waals surface area contributed by atoms with E-state index in [0.29, 0.717) is 31.1 Å². The number of hydrogen-bond acceptors (Lipinski definition) is 5. The van der Waals surface area contributed by atoms with Crippen molar-refractivity contribution in [3.63, 3.8) is 0 Å². The first-order valence-electron chi connectivity index (χ1n) is 5.80. The first-order valence-corrected chi connectivity index (χ1v) is 7.86. The van der Waals surface area contributed by atoms with E-state index in [9.17, 15) is 13.2 Å². The van der Waals surface area contributed by atoms with E-state index in [0.717, 1.165) is 0 Å². The molecule has 0 fully saturated rings. The number of carboxylic acids is 1. The van der Waals surface area contributed by atoms with Gasteiger partial charge in [-0.2, -0.15) is 0 Å². The molecule has 1 aliphatic heterocycles. The molecular weight excluding hydrogens is 270 g/mol. The quantitative estimate of drug-likeness (QED) is 0.873. The number of sulfone groups is 1. The molecule has 2 rings (SSSR count). The smallest absolute Gasteiger partial charge is 0.339 e. The zero-order valence-electron chi connectivity index (χ0n) is 10.5. The summed E-state index contributed by atoms with van der Waals surface area (Å²) >= 11 is 0. The molecule has 1 aromatic rings. The first-order chi connectivity index (χ1) is 8.88. The average Bonchev–Trinajstić information content (AvgIpc) is 2.34. The van der Waals surface area contributed by atoms with Crippen LogP contribution in [0.2, 0.25) is 0 Å². The van der Waals surface area contributed by atoms with Crippen molar-refractivity contribution in [2.24, 2.45) is 0 Å². The molecule has 19 heavy (non-hydrogen) atoms. The molecule has 0 bridgehead atoms. The molecule has 104 valence electrons. The molecule has 1 heterocycles. The highest BCUT2D eigenvalue weighted by molar-refractivity contribution is 7.90. The molecule has 6 nitrogen and oxygen atoms in total. The number of carbonyl (C=O) groups is 1. The van der Waals surface area contributed by atoms with Crippen LogP contribution in [0.4, 0.5) is 5.69 Å². The number of hydrogen-bond donors (Lipinski definition) is 1. The lowest BCUT2D eigenvalue weighted by Gasteiger charge is -2.31. The van der Waals surface area contributed by atoms with Crippen LogP contribution in [0.5, 0.6) is 5.75 Å². The zero-order valence-corrected chi connectivity index (χ0v) is 11.3. The number of rotatable bonds is 4. The maximum Gasteiger partial charge on any atom is 0.339 e. The van der Waals surface area contributed by atoms with Crippen molar-refractivity contribution in [2.75, 3.05) is 36.6 Å². The Kier molecular flexibility index (Phi) is 3.66. The highest BCUT2D eigenvalue weighted by Crippen LogP contribution is 2.34. The maximum atomic E-state index is 11.2. The Hall–Kier alpha value is -1.76. The Morgan fingerprint density at radius 1 is 1.47 bits per heavy atom. The van der Waals surface area contributed by atoms with E-state index in [2.05, 4.69) is 0 Å². The van der Waals surface area contributed by atoms with E-state index in [-0.39, 0.29) is 11.3 Å². The van der Waals surface area contributed by atoms with Crippen molar-refractivity contribution in [1.29, 1.82) is 0 Å². The van der Waals surface area contributed by atoms with Crippen LogP contribution in [0.15, 0.2) is 18.2 Å². The molecule has 0 saturated carbocycles. The molecule has 0 amide bonds. The average molecular weight is 285 g/mol. The van der Waals surface area contributed by atoms with Crippen LogP contribution in [0.25, 0.3) is 0 Å². The van der Waals surface area contributed by atoms with Crippen molar-refractivity contribution >= 4 is 21.5 Å². The minimum atomic E-state index is -3.05. The predicted molar refractivity (Wildman–Crippen MR) is 70.8 cm³/mol. The van der Waals surface area contributed by atoms with Gasteiger partial charge in [0.15, 0.2) is 5.75 Å². The number of fused-ring (bicyclic) bond motifs is 1. The third-order valence-electron chi connectivity index (χ3n) is 2.90. The normalized spacial score (nSPS) is 14.7. The molecule has 0 aliphatic carbocycles. The van der Waals surface area contributed by atoms with E-state index >= 15 is 0 Å². The fourth-order valence-corrected chi connectivity index (χ4v) is 2.53. The molecule has 0 radical (unpaired) electrons. The minimum absolute atomic E-state index is 0.0315. The van der Waals surface area contributed by atoms with Crippen LogP contribution in [0.1, 0.15) is 10.4 Å². The Bertz CT molecular complexity index is 596. The van der Waals surface area contributed by atoms with E-state index in [1.165, 1.54) is 12.3 Å². The van der Waals surface area contributed by atoms with Gasteiger partial charge < -0.3 is 14.7 Å². The van der Waals surface area contributed by atoms with Crippen LogP contribution < -0.4 is 9.64 Å². The fourth-order valence-electron chi connectivity index (χ4n) is 1.98. The highest BCUT2D eigenvalue weighted by atomic mass is 32.2. The van der Waals surface area contributed by atoms with Gasteiger partial charge in [-0.25, -0.2) is 13.2 Å². The lowest BCUT2D eigenvalue weighted by Crippen LogP contribution is -2.36. The Morgan fingerprint density at radius 3 is 2.84 bits per heavy atom. The zero-order chi connectivity index (χ0) is 14.0. The molecule has 0 saturated heterocycles. The predicted octanol–water partition coefficient (Wildman–Crippen LogP) is 0.628. The standard InChI is InChI=1S/C12H15NO5S/c1-19(16,17)8-6-13-5-7-18-11-9(12(14)15)3-2-4-10(11)13/h2-4H,5-8H2,1H3,(H,14,15). The SMILES string of the molecule is CS(=O)(=O)CCN1CCOc2c(C(=O)O)cccc21. The summed E-state index contributed by atoms with van der Waals surface area (Å²) in [6, 6.07) is 4.84. The molecule has 0 unspecified atom stereocenters. The van der Waals surface area contributed by atoms with Crippen LogP contribution in [0.3, 0.4) is 0 Å². The Balaban J connectivity index is 2.29. The summed E-state index contributed by atoms with van der Waals surface area (Å²) in [7, 11) is -3.05. The van der Waals surface area contributed by atoms with Crippen molar-refractivity contribution in [1.82, 2.24) is 0 Å². The number of benzene rings is 1. The topological polar surface area (TPSA) is 83.9 Å². The summed E-state index contributed by atoms with van der Waals surface area (Å²) in [6.45, 7) is 1.23. The van der Waals surface area contributed by atoms with E-state index < -0.39 is 15.8 Å². The molecule has 0 atom stereocenters. The lowest BCUT2D eigenvalue weighted by atomic mass is 10.1. The van der Waals surface area contributed by atoms with Gasteiger partial charge in [0.2, 0.25) is 0 Å². The number of ether oxygens (including phenoxy) is 1. The molecule has 0 spiro atoms. The van der Waals surface area contributed by atoms with Crippen molar-refractivity contribution in [3.05, 3.63) is 23.8 Å². The van der Waals surface area contributed by atoms with Crippen molar-refractivity contribution in [3.8, 4) is 5.75 Å². The van der Waals surface area contributed by atoms with Crippen LogP contribution in [-0.2, 0) is 9.84 Å². The fraction of sp³-hybridized carbons (Fsp3) is 0.417. The summed E-state index contributed by atoms with van der Waals surface area (Å²) in [5.41, 5.74) is 0.733. The second kappa shape index (κ2) is 5.08. The summed E-state index contributed by atoms with van der Waals surface area (Å²) in [5.74, 6) is -0.708. The third kappa shape index (κ3) is 3.17. The van der Waals surface area contributed by atoms with Gasteiger partial charge in [-0.05, 0) is 12.1 Å². The van der Waals surface area contributed by atoms with E-state index in [4.69, 9.17) is 9.84 Å². The van der Waals surface area contributed by atoms with E-state index in [1.54, 1.807) is 12.1 Å². The highest BCUT2D eigenvalue weighted by Gasteiger charge is 2.23. The molecule has 7 heteroatoms. The molecule has 1 N–H and O–H groups in total. The molecule has 1 aromatic carbocycles. The summed E-state index contributed by atoms with van der Waals surface area (Å²) < 4.78 is 27.8. The van der Waals surface area contributed by atoms with Gasteiger partial charge in [-0.1, -0.05) is 6.07 Å². The Labute approximate surface area is 111 Å². The number of aromatic carboxylic acids is 1. The van der Waals surface area contributed by atoms with Crippen molar-refractivity contribution < 1.29 is 23.1 Å². The van der Waals surface area contributed by atoms with Crippen LogP contribution in [-0.4, -0.2) is 51.2 Å². The maximum absolute atomic E-state index is 11.2. The van der Waals surface area contributed by atoms with E-state index in [1.807, 2.05) is 4.90 Å². The summed E-state index contributed by atoms with van der Waals surface area (Å²) in [6.07, 6.45) is 1.18. The number of anilines is 1. The first kappa shape index (κ1) is 13.7. The second-order valence-corrected chi connectivity index (χ2v) is 6.68. The number of para-hydroxylation sites is 1. The number of nitrogens with zero attached hydrogens (tertiary/aromatic N) is 1. The molecule has 1 aliphatic rings. The summed E-state index contributed by atoms with van der Waals surface area (Å²) in [4.78, 5) is 12.9. The minimum Gasteiger partial charge on any atom is -0.489 e. The van der Waals surface area contributed by atoms with Gasteiger partial charge >= 0.3 is 5.97 Å². The molecule has 0 aromatic heterocycles. The second-order valence-electron chi connectivity index (χ2n) is 4.42. The third-order valence-corrected chi connectivity index (χ3v) is 3.83. The van der Waals surface area contributed by atoms with Gasteiger partial charge in [0.25, 0.3) is 0 Å².